The predicted molar refractivity (Wildman–Crippen MR) is 57.7 cm³/mol. The van der Waals surface area contributed by atoms with Gasteiger partial charge in [0.25, 0.3) is 0 Å². The van der Waals surface area contributed by atoms with E-state index in [-0.39, 0.29) is 11.9 Å². The quantitative estimate of drug-likeness (QED) is 0.544. The molecule has 14 heavy (non-hydrogen) atoms. The zero-order valence-electron chi connectivity index (χ0n) is 8.46. The first-order valence-corrected chi connectivity index (χ1v) is 4.62. The van der Waals surface area contributed by atoms with E-state index in [0.717, 1.165) is 0 Å². The van der Waals surface area contributed by atoms with E-state index >= 15 is 0 Å². The fraction of sp³-hybridized carbons (Fsp3) is 0.625. The normalized spacial score (nSPS) is 13.9. The minimum absolute atomic E-state index is 0.173. The molecular formula is C8H15N3O2S. The van der Waals surface area contributed by atoms with E-state index in [2.05, 4.69) is 10.6 Å². The Bertz CT molecular complexity index is 255. The third kappa shape index (κ3) is 4.76. The van der Waals surface area contributed by atoms with Crippen molar-refractivity contribution in [2.45, 2.75) is 32.9 Å². The molecule has 5 nitrogen and oxygen atoms in total. The molecule has 0 radical (unpaired) electrons. The summed E-state index contributed by atoms with van der Waals surface area (Å²) in [6.45, 7) is 4.73. The molecule has 0 spiro atoms. The fourth-order valence-corrected chi connectivity index (χ4v) is 1.02. The van der Waals surface area contributed by atoms with Gasteiger partial charge in [-0.1, -0.05) is 12.2 Å². The van der Waals surface area contributed by atoms with Crippen molar-refractivity contribution < 1.29 is 9.59 Å². The van der Waals surface area contributed by atoms with Gasteiger partial charge in [0.1, 0.15) is 6.04 Å². The molecule has 0 aliphatic rings. The minimum Gasteiger partial charge on any atom is -0.368 e. The molecular weight excluding hydrogens is 202 g/mol. The highest BCUT2D eigenvalue weighted by atomic mass is 32.1. The number of nitrogens with one attached hydrogen (secondary N) is 2. The van der Waals surface area contributed by atoms with Crippen molar-refractivity contribution in [2.75, 3.05) is 0 Å². The number of hydrogen-bond donors (Lipinski definition) is 3. The van der Waals surface area contributed by atoms with Gasteiger partial charge in [-0.05, 0) is 13.8 Å². The Kier molecular flexibility index (Phi) is 5.07. The van der Waals surface area contributed by atoms with Crippen LogP contribution in [-0.2, 0) is 9.59 Å². The maximum Gasteiger partial charge on any atom is 0.239 e. The van der Waals surface area contributed by atoms with Crippen LogP contribution >= 0.6 is 12.2 Å². The van der Waals surface area contributed by atoms with Gasteiger partial charge in [-0.25, -0.2) is 0 Å². The van der Waals surface area contributed by atoms with Crippen molar-refractivity contribution in [1.82, 2.24) is 10.6 Å². The standard InChI is InChI=1S/C8H15N3O2S/c1-4(7(9)13)11-8(14)5(2)10-6(3)12/h4-5H,1-3H3,(H2,9,13)(H,10,12)(H,11,14). The molecule has 80 valence electrons. The van der Waals surface area contributed by atoms with Gasteiger partial charge in [-0.15, -0.1) is 0 Å². The Morgan fingerprint density at radius 3 is 2.07 bits per heavy atom. The lowest BCUT2D eigenvalue weighted by atomic mass is 10.2. The molecule has 2 atom stereocenters. The molecule has 0 aliphatic carbocycles. The summed E-state index contributed by atoms with van der Waals surface area (Å²) in [5.74, 6) is -0.657. The first-order valence-electron chi connectivity index (χ1n) is 4.21. The average Bonchev–Trinajstić information content (AvgIpc) is 2.02. The van der Waals surface area contributed by atoms with E-state index in [0.29, 0.717) is 4.99 Å². The fourth-order valence-electron chi connectivity index (χ4n) is 0.780. The minimum atomic E-state index is -0.529. The van der Waals surface area contributed by atoms with Gasteiger partial charge >= 0.3 is 0 Å². The van der Waals surface area contributed by atoms with Crippen molar-refractivity contribution in [1.29, 1.82) is 0 Å². The Labute approximate surface area is 88.4 Å². The lowest BCUT2D eigenvalue weighted by Gasteiger charge is -2.18. The van der Waals surface area contributed by atoms with Gasteiger partial charge in [0.05, 0.1) is 11.0 Å². The molecule has 0 heterocycles. The third-order valence-electron chi connectivity index (χ3n) is 1.60. The number of nitrogens with two attached hydrogens (primary N) is 1. The Balaban J connectivity index is 4.07. The van der Waals surface area contributed by atoms with E-state index in [4.69, 9.17) is 18.0 Å². The first kappa shape index (κ1) is 12.8. The number of amides is 2. The van der Waals surface area contributed by atoms with Crippen LogP contribution in [0.2, 0.25) is 0 Å². The van der Waals surface area contributed by atoms with E-state index in [9.17, 15) is 9.59 Å². The molecule has 2 amide bonds. The molecule has 6 heteroatoms. The molecule has 2 unspecified atom stereocenters. The van der Waals surface area contributed by atoms with E-state index in [1.54, 1.807) is 13.8 Å². The Hall–Kier alpha value is -1.17. The molecule has 0 bridgehead atoms. The second kappa shape index (κ2) is 5.54. The number of hydrogen-bond acceptors (Lipinski definition) is 3. The van der Waals surface area contributed by atoms with Crippen LogP contribution in [0.5, 0.6) is 0 Å². The molecule has 0 rings (SSSR count). The summed E-state index contributed by atoms with van der Waals surface area (Å²) in [4.78, 5) is 21.8. The summed E-state index contributed by atoms with van der Waals surface area (Å²) < 4.78 is 0. The van der Waals surface area contributed by atoms with Crippen LogP contribution in [0.3, 0.4) is 0 Å². The van der Waals surface area contributed by atoms with Gasteiger partial charge in [0, 0.05) is 6.92 Å². The summed E-state index contributed by atoms with van der Waals surface area (Å²) in [5.41, 5.74) is 5.04. The summed E-state index contributed by atoms with van der Waals surface area (Å²) in [7, 11) is 0. The van der Waals surface area contributed by atoms with Crippen LogP contribution in [0.15, 0.2) is 0 Å². The predicted octanol–water partition coefficient (Wildman–Crippen LogP) is -0.698. The monoisotopic (exact) mass is 217 g/mol. The molecule has 0 saturated heterocycles. The Morgan fingerprint density at radius 2 is 1.71 bits per heavy atom. The topological polar surface area (TPSA) is 84.2 Å². The summed E-state index contributed by atoms with van der Waals surface area (Å²) in [6.07, 6.45) is 0. The third-order valence-corrected chi connectivity index (χ3v) is 2.07. The van der Waals surface area contributed by atoms with Crippen molar-refractivity contribution >= 4 is 29.0 Å². The zero-order chi connectivity index (χ0) is 11.3. The maximum absolute atomic E-state index is 10.7. The van der Waals surface area contributed by atoms with Gasteiger partial charge in [0.15, 0.2) is 0 Å². The van der Waals surface area contributed by atoms with Crippen molar-refractivity contribution in [2.24, 2.45) is 5.73 Å². The largest absolute Gasteiger partial charge is 0.368 e. The SMILES string of the molecule is CC(=O)NC(C)C(=S)NC(C)C(N)=O. The molecule has 0 aromatic carbocycles. The van der Waals surface area contributed by atoms with E-state index < -0.39 is 11.9 Å². The summed E-state index contributed by atoms with van der Waals surface area (Å²) in [5, 5.41) is 5.32. The van der Waals surface area contributed by atoms with E-state index in [1.165, 1.54) is 6.92 Å². The lowest BCUT2D eigenvalue weighted by Crippen LogP contribution is -2.49. The van der Waals surface area contributed by atoms with Gasteiger partial charge < -0.3 is 16.4 Å². The molecule has 0 fully saturated rings. The van der Waals surface area contributed by atoms with Crippen LogP contribution in [0.25, 0.3) is 0 Å². The van der Waals surface area contributed by atoms with Crippen LogP contribution < -0.4 is 16.4 Å². The average molecular weight is 217 g/mol. The van der Waals surface area contributed by atoms with Crippen LogP contribution in [0.4, 0.5) is 0 Å². The van der Waals surface area contributed by atoms with Crippen molar-refractivity contribution in [3.8, 4) is 0 Å². The van der Waals surface area contributed by atoms with Crippen molar-refractivity contribution in [3.63, 3.8) is 0 Å². The summed E-state index contributed by atoms with van der Waals surface area (Å²) in [6, 6.07) is -0.831. The number of rotatable bonds is 4. The highest BCUT2D eigenvalue weighted by Gasteiger charge is 2.14. The lowest BCUT2D eigenvalue weighted by molar-refractivity contribution is -0.119. The molecule has 0 saturated carbocycles. The number of thiocarbonyl (C=S) groups is 1. The number of carbonyl (C=O) groups is 2. The van der Waals surface area contributed by atoms with Crippen LogP contribution in [0.1, 0.15) is 20.8 Å². The zero-order valence-corrected chi connectivity index (χ0v) is 9.27. The second-order valence-electron chi connectivity index (χ2n) is 3.05. The molecule has 0 aromatic rings. The highest BCUT2D eigenvalue weighted by Crippen LogP contribution is 1.88. The van der Waals surface area contributed by atoms with Gasteiger partial charge in [-0.3, -0.25) is 9.59 Å². The maximum atomic E-state index is 10.7. The van der Waals surface area contributed by atoms with Gasteiger partial charge in [-0.2, -0.15) is 0 Å². The first-order chi connectivity index (χ1) is 6.34. The number of primary amides is 1. The second-order valence-corrected chi connectivity index (χ2v) is 3.49. The number of carbonyl (C=O) groups excluding carboxylic acids is 2. The van der Waals surface area contributed by atoms with E-state index in [1.807, 2.05) is 0 Å². The summed E-state index contributed by atoms with van der Waals surface area (Å²) >= 11 is 4.96. The molecule has 0 aromatic heterocycles. The molecule has 4 N–H and O–H groups in total. The smallest absolute Gasteiger partial charge is 0.239 e. The molecule has 0 aliphatic heterocycles. The van der Waals surface area contributed by atoms with Crippen molar-refractivity contribution in [3.05, 3.63) is 0 Å². The van der Waals surface area contributed by atoms with Crippen LogP contribution in [0, 0.1) is 0 Å². The van der Waals surface area contributed by atoms with Crippen LogP contribution in [-0.4, -0.2) is 28.9 Å². The highest BCUT2D eigenvalue weighted by molar-refractivity contribution is 7.80. The van der Waals surface area contributed by atoms with Gasteiger partial charge in [0.2, 0.25) is 11.8 Å². The Morgan fingerprint density at radius 1 is 1.21 bits per heavy atom.